The van der Waals surface area contributed by atoms with Crippen LogP contribution in [0.25, 0.3) is 0 Å². The van der Waals surface area contributed by atoms with E-state index in [1.807, 2.05) is 6.07 Å². The van der Waals surface area contributed by atoms with Crippen molar-refractivity contribution in [2.24, 2.45) is 11.3 Å². The molecule has 26 heavy (non-hydrogen) atoms. The summed E-state index contributed by atoms with van der Waals surface area (Å²) in [7, 11) is -1.39. The normalized spacial score (nSPS) is 26.8. The van der Waals surface area contributed by atoms with Gasteiger partial charge in [0, 0.05) is 18.5 Å². The molecule has 1 saturated heterocycles. The average Bonchev–Trinajstić information content (AvgIpc) is 3.14. The molecule has 144 valence electrons. The topological polar surface area (TPSA) is 49.9 Å². The number of likely N-dealkylation sites (tertiary alicyclic amines) is 1. The second-order valence-electron chi connectivity index (χ2n) is 8.49. The maximum atomic E-state index is 13.5. The molecule has 1 aromatic carbocycles. The Kier molecular flexibility index (Phi) is 5.01. The summed E-state index contributed by atoms with van der Waals surface area (Å²) in [5.41, 5.74) is -0.0777. The molecule has 1 aromatic rings. The first-order valence-electron chi connectivity index (χ1n) is 9.89. The van der Waals surface area contributed by atoms with Crippen LogP contribution < -0.4 is 4.74 Å². The fourth-order valence-electron chi connectivity index (χ4n) is 4.70. The summed E-state index contributed by atoms with van der Waals surface area (Å²) in [6, 6.07) is 7.15. The highest BCUT2D eigenvalue weighted by molar-refractivity contribution is 7.89. The second kappa shape index (κ2) is 7.13. The van der Waals surface area contributed by atoms with Crippen LogP contribution in [-0.4, -0.2) is 57.5 Å². The van der Waals surface area contributed by atoms with Crippen molar-refractivity contribution in [1.82, 2.24) is 9.21 Å². The van der Waals surface area contributed by atoms with E-state index in [0.717, 1.165) is 38.8 Å². The maximum absolute atomic E-state index is 13.5. The number of benzene rings is 1. The lowest BCUT2D eigenvalue weighted by molar-refractivity contribution is 0.0409. The van der Waals surface area contributed by atoms with Crippen LogP contribution in [0, 0.1) is 11.3 Å². The monoisotopic (exact) mass is 378 g/mol. The maximum Gasteiger partial charge on any atom is 0.246 e. The third kappa shape index (κ3) is 3.51. The molecule has 1 spiro atoms. The van der Waals surface area contributed by atoms with E-state index in [4.69, 9.17) is 4.74 Å². The minimum absolute atomic E-state index is 0.0777. The van der Waals surface area contributed by atoms with Gasteiger partial charge in [0.2, 0.25) is 10.0 Å². The quantitative estimate of drug-likeness (QED) is 0.794. The number of piperidine rings is 1. The van der Waals surface area contributed by atoms with Crippen molar-refractivity contribution < 1.29 is 13.2 Å². The molecular weight excluding hydrogens is 348 g/mol. The number of fused-ring (bicyclic) bond motifs is 1. The van der Waals surface area contributed by atoms with Gasteiger partial charge in [-0.2, -0.15) is 4.31 Å². The molecule has 0 bridgehead atoms. The Labute approximate surface area is 157 Å². The van der Waals surface area contributed by atoms with Crippen LogP contribution in [0.15, 0.2) is 29.2 Å². The van der Waals surface area contributed by atoms with Crippen molar-refractivity contribution in [2.75, 3.05) is 39.8 Å². The number of nitrogens with zero attached hydrogens (tertiary/aromatic N) is 2. The van der Waals surface area contributed by atoms with Gasteiger partial charge >= 0.3 is 0 Å². The van der Waals surface area contributed by atoms with E-state index in [0.29, 0.717) is 36.3 Å². The Morgan fingerprint density at radius 3 is 2.58 bits per heavy atom. The molecule has 0 radical (unpaired) electrons. The van der Waals surface area contributed by atoms with Gasteiger partial charge in [0.1, 0.15) is 10.6 Å². The summed E-state index contributed by atoms with van der Waals surface area (Å²) < 4.78 is 34.9. The smallest absolute Gasteiger partial charge is 0.246 e. The molecule has 1 saturated carbocycles. The zero-order chi connectivity index (χ0) is 18.2. The van der Waals surface area contributed by atoms with Gasteiger partial charge in [0.05, 0.1) is 6.61 Å². The molecule has 2 aliphatic heterocycles. The molecule has 3 aliphatic rings. The molecule has 5 nitrogen and oxygen atoms in total. The molecule has 4 rings (SSSR count). The minimum atomic E-state index is -3.52. The Balaban J connectivity index is 1.70. The van der Waals surface area contributed by atoms with Crippen molar-refractivity contribution in [3.05, 3.63) is 24.3 Å². The number of sulfonamides is 1. The van der Waals surface area contributed by atoms with Gasteiger partial charge < -0.3 is 9.64 Å². The van der Waals surface area contributed by atoms with E-state index >= 15 is 0 Å². The van der Waals surface area contributed by atoms with Gasteiger partial charge in [-0.05, 0) is 63.9 Å². The highest BCUT2D eigenvalue weighted by Gasteiger charge is 2.43. The zero-order valence-corrected chi connectivity index (χ0v) is 16.5. The predicted molar refractivity (Wildman–Crippen MR) is 102 cm³/mol. The largest absolute Gasteiger partial charge is 0.492 e. The first-order chi connectivity index (χ1) is 12.5. The average molecular weight is 379 g/mol. The summed E-state index contributed by atoms with van der Waals surface area (Å²) >= 11 is 0. The molecular formula is C20H30N2O3S. The Morgan fingerprint density at radius 2 is 1.85 bits per heavy atom. The van der Waals surface area contributed by atoms with Gasteiger partial charge in [-0.25, -0.2) is 8.42 Å². The molecule has 0 N–H and O–H groups in total. The van der Waals surface area contributed by atoms with Gasteiger partial charge in [0.25, 0.3) is 0 Å². The molecule has 6 heteroatoms. The standard InChI is InChI=1S/C20H30N2O3S/c1-21-12-10-20(11-13-21)15-22(14-17-6-2-3-7-17)26(23,24)19-9-5-4-8-18(19)25-16-20/h4-5,8-9,17H,2-3,6-7,10-16H2,1H3. The minimum Gasteiger partial charge on any atom is -0.492 e. The van der Waals surface area contributed by atoms with Crippen molar-refractivity contribution in [3.63, 3.8) is 0 Å². The van der Waals surface area contributed by atoms with Crippen LogP contribution in [-0.2, 0) is 10.0 Å². The highest BCUT2D eigenvalue weighted by atomic mass is 32.2. The number of para-hydroxylation sites is 1. The number of hydrogen-bond acceptors (Lipinski definition) is 4. The fraction of sp³-hybridized carbons (Fsp3) is 0.700. The summed E-state index contributed by atoms with van der Waals surface area (Å²) in [6.45, 7) is 3.86. The van der Waals surface area contributed by atoms with E-state index in [-0.39, 0.29) is 5.41 Å². The Hall–Kier alpha value is -1.11. The Morgan fingerprint density at radius 1 is 1.15 bits per heavy atom. The van der Waals surface area contributed by atoms with Crippen LogP contribution in [0.1, 0.15) is 38.5 Å². The van der Waals surface area contributed by atoms with Gasteiger partial charge in [-0.1, -0.05) is 25.0 Å². The summed E-state index contributed by atoms with van der Waals surface area (Å²) in [5, 5.41) is 0. The molecule has 0 aromatic heterocycles. The Bertz CT molecular complexity index is 735. The summed E-state index contributed by atoms with van der Waals surface area (Å²) in [6.07, 6.45) is 6.74. The van der Waals surface area contributed by atoms with Crippen LogP contribution in [0.2, 0.25) is 0 Å². The fourth-order valence-corrected chi connectivity index (χ4v) is 6.46. The van der Waals surface area contributed by atoms with Crippen LogP contribution in [0.3, 0.4) is 0 Å². The van der Waals surface area contributed by atoms with E-state index in [2.05, 4.69) is 11.9 Å². The number of hydrogen-bond donors (Lipinski definition) is 0. The predicted octanol–water partition coefficient (Wildman–Crippen LogP) is 2.97. The lowest BCUT2D eigenvalue weighted by Crippen LogP contribution is -2.51. The van der Waals surface area contributed by atoms with Gasteiger partial charge in [0.15, 0.2) is 0 Å². The van der Waals surface area contributed by atoms with E-state index in [1.165, 1.54) is 12.8 Å². The van der Waals surface area contributed by atoms with Crippen LogP contribution in [0.5, 0.6) is 5.75 Å². The molecule has 2 heterocycles. The zero-order valence-electron chi connectivity index (χ0n) is 15.7. The van der Waals surface area contributed by atoms with Crippen molar-refractivity contribution in [1.29, 1.82) is 0 Å². The van der Waals surface area contributed by atoms with E-state index in [9.17, 15) is 8.42 Å². The third-order valence-corrected chi connectivity index (χ3v) is 8.35. The third-order valence-electron chi connectivity index (χ3n) is 6.50. The van der Waals surface area contributed by atoms with Crippen molar-refractivity contribution in [2.45, 2.75) is 43.4 Å². The van der Waals surface area contributed by atoms with E-state index in [1.54, 1.807) is 22.5 Å². The van der Waals surface area contributed by atoms with E-state index < -0.39 is 10.0 Å². The molecule has 0 unspecified atom stereocenters. The van der Waals surface area contributed by atoms with Gasteiger partial charge in [-0.3, -0.25) is 0 Å². The first kappa shape index (κ1) is 18.3. The molecule has 0 atom stereocenters. The molecule has 1 aliphatic carbocycles. The number of rotatable bonds is 2. The van der Waals surface area contributed by atoms with Crippen LogP contribution >= 0.6 is 0 Å². The molecule has 2 fully saturated rings. The van der Waals surface area contributed by atoms with Crippen LogP contribution in [0.4, 0.5) is 0 Å². The second-order valence-corrected chi connectivity index (χ2v) is 10.4. The molecule has 0 amide bonds. The summed E-state index contributed by atoms with van der Waals surface area (Å²) in [4.78, 5) is 2.66. The first-order valence-corrected chi connectivity index (χ1v) is 11.3. The summed E-state index contributed by atoms with van der Waals surface area (Å²) in [5.74, 6) is 1.02. The SMILES string of the molecule is CN1CCC2(CC1)COc1ccccc1S(=O)(=O)N(CC1CCCC1)C2. The lowest BCUT2D eigenvalue weighted by Gasteiger charge is -2.44. The highest BCUT2D eigenvalue weighted by Crippen LogP contribution is 2.40. The van der Waals surface area contributed by atoms with Crippen molar-refractivity contribution in [3.8, 4) is 5.75 Å². The number of ether oxygens (including phenoxy) is 1. The van der Waals surface area contributed by atoms with Gasteiger partial charge in [-0.15, -0.1) is 0 Å². The lowest BCUT2D eigenvalue weighted by atomic mass is 9.79. The van der Waals surface area contributed by atoms with Crippen molar-refractivity contribution >= 4 is 10.0 Å².